The fourth-order valence-corrected chi connectivity index (χ4v) is 3.08. The number of rotatable bonds is 5. The average molecular weight is 327 g/mol. The second-order valence-electron chi connectivity index (χ2n) is 7.61. The highest BCUT2D eigenvalue weighted by molar-refractivity contribution is 5.83. The number of hydrogen-bond acceptors (Lipinski definition) is 4. The van der Waals surface area contributed by atoms with Crippen molar-refractivity contribution in [2.45, 2.75) is 51.7 Å². The lowest BCUT2D eigenvalue weighted by Crippen LogP contribution is -2.39. The van der Waals surface area contributed by atoms with E-state index in [1.807, 2.05) is 30.5 Å². The van der Waals surface area contributed by atoms with Gasteiger partial charge in [0.05, 0.1) is 24.7 Å². The molecule has 0 aliphatic heterocycles. The lowest BCUT2D eigenvalue weighted by Gasteiger charge is -2.38. The summed E-state index contributed by atoms with van der Waals surface area (Å²) in [4.78, 5) is 16.1. The van der Waals surface area contributed by atoms with Crippen molar-refractivity contribution in [1.29, 1.82) is 0 Å². The Hall–Kier alpha value is -1.94. The molecule has 1 aromatic heterocycles. The molecule has 1 fully saturated rings. The Morgan fingerprint density at radius 3 is 2.75 bits per heavy atom. The minimum Gasteiger partial charge on any atom is -0.465 e. The van der Waals surface area contributed by atoms with Crippen LogP contribution in [0.25, 0.3) is 10.8 Å². The molecular weight excluding hydrogens is 302 g/mol. The minimum atomic E-state index is -0.163. The summed E-state index contributed by atoms with van der Waals surface area (Å²) in [5.41, 5.74) is 0.874. The maximum Gasteiger partial charge on any atom is 0.310 e. The number of aromatic nitrogens is 1. The van der Waals surface area contributed by atoms with Gasteiger partial charge in [0.15, 0.2) is 0 Å². The molecule has 1 saturated carbocycles. The second-order valence-corrected chi connectivity index (χ2v) is 7.61. The highest BCUT2D eigenvalue weighted by Gasteiger charge is 2.33. The van der Waals surface area contributed by atoms with E-state index >= 15 is 0 Å². The van der Waals surface area contributed by atoms with Gasteiger partial charge in [0.25, 0.3) is 0 Å². The monoisotopic (exact) mass is 327 g/mol. The van der Waals surface area contributed by atoms with Crippen LogP contribution in [0.5, 0.6) is 0 Å². The first-order chi connectivity index (χ1) is 11.4. The highest BCUT2D eigenvalue weighted by Crippen LogP contribution is 2.33. The van der Waals surface area contributed by atoms with Crippen molar-refractivity contribution >= 4 is 16.7 Å². The van der Waals surface area contributed by atoms with Gasteiger partial charge in [-0.05, 0) is 56.5 Å². The largest absolute Gasteiger partial charge is 0.465 e. The number of carbonyl (C=O) groups excluding carboxylic acids is 1. The zero-order valence-corrected chi connectivity index (χ0v) is 14.6. The predicted octanol–water partition coefficient (Wildman–Crippen LogP) is 3.91. The maximum absolute atomic E-state index is 12.0. The first-order valence-electron chi connectivity index (χ1n) is 8.55. The molecule has 0 amide bonds. The van der Waals surface area contributed by atoms with E-state index in [0.29, 0.717) is 25.0 Å². The van der Waals surface area contributed by atoms with Gasteiger partial charge in [0, 0.05) is 17.8 Å². The number of carbonyl (C=O) groups is 1. The molecule has 0 radical (unpaired) electrons. The molecule has 4 nitrogen and oxygen atoms in total. The predicted molar refractivity (Wildman–Crippen MR) is 93.8 cm³/mol. The van der Waals surface area contributed by atoms with E-state index in [1.54, 1.807) is 6.20 Å². The van der Waals surface area contributed by atoms with E-state index in [2.05, 4.69) is 25.8 Å². The smallest absolute Gasteiger partial charge is 0.310 e. The summed E-state index contributed by atoms with van der Waals surface area (Å²) < 4.78 is 11.3. The van der Waals surface area contributed by atoms with Crippen molar-refractivity contribution in [3.8, 4) is 0 Å². The molecule has 1 aliphatic rings. The Balaban J connectivity index is 1.43. The molecular formula is C20H25NO3. The first kappa shape index (κ1) is 16.9. The van der Waals surface area contributed by atoms with Crippen molar-refractivity contribution < 1.29 is 14.3 Å². The van der Waals surface area contributed by atoms with Crippen LogP contribution >= 0.6 is 0 Å². The zero-order chi connectivity index (χ0) is 17.2. The molecule has 3 rings (SSSR count). The third-order valence-electron chi connectivity index (χ3n) is 4.25. The molecule has 0 bridgehead atoms. The molecule has 0 atom stereocenters. The molecule has 24 heavy (non-hydrogen) atoms. The van der Waals surface area contributed by atoms with Crippen LogP contribution in [0, 0.1) is 5.92 Å². The van der Waals surface area contributed by atoms with E-state index < -0.39 is 0 Å². The van der Waals surface area contributed by atoms with E-state index in [0.717, 1.165) is 29.2 Å². The van der Waals surface area contributed by atoms with Crippen LogP contribution < -0.4 is 0 Å². The lowest BCUT2D eigenvalue weighted by molar-refractivity contribution is -0.152. The maximum atomic E-state index is 12.0. The van der Waals surface area contributed by atoms with Crippen LogP contribution in [0.2, 0.25) is 0 Å². The summed E-state index contributed by atoms with van der Waals surface area (Å²) in [6, 6.07) is 7.93. The number of pyridine rings is 1. The van der Waals surface area contributed by atoms with Gasteiger partial charge in [0.1, 0.15) is 0 Å². The summed E-state index contributed by atoms with van der Waals surface area (Å²) in [5.74, 6) is 0.271. The van der Waals surface area contributed by atoms with Crippen molar-refractivity contribution in [3.63, 3.8) is 0 Å². The number of hydrogen-bond donors (Lipinski definition) is 0. The highest BCUT2D eigenvalue weighted by atomic mass is 16.5. The molecule has 0 N–H and O–H groups in total. The van der Waals surface area contributed by atoms with Gasteiger partial charge in [-0.3, -0.25) is 9.78 Å². The molecule has 0 spiro atoms. The van der Waals surface area contributed by atoms with Crippen molar-refractivity contribution in [2.75, 3.05) is 6.61 Å². The van der Waals surface area contributed by atoms with Gasteiger partial charge in [0.2, 0.25) is 0 Å². The standard InChI is InChI=1S/C20H25NO3/c1-20(2,3)24-18-9-15(10-18)13-23-19(22)11-14-4-5-17-12-21-7-6-16(17)8-14/h4-8,12,15,18H,9-11,13H2,1-3H3. The van der Waals surface area contributed by atoms with Gasteiger partial charge in [-0.25, -0.2) is 0 Å². The van der Waals surface area contributed by atoms with Crippen LogP contribution in [-0.4, -0.2) is 29.3 Å². The Bertz CT molecular complexity index is 714. The van der Waals surface area contributed by atoms with Gasteiger partial charge >= 0.3 is 5.97 Å². The molecule has 1 heterocycles. The van der Waals surface area contributed by atoms with E-state index in [4.69, 9.17) is 9.47 Å². The number of nitrogens with zero attached hydrogens (tertiary/aromatic N) is 1. The number of ether oxygens (including phenoxy) is 2. The minimum absolute atomic E-state index is 0.0993. The van der Waals surface area contributed by atoms with Gasteiger partial charge in [-0.15, -0.1) is 0 Å². The van der Waals surface area contributed by atoms with E-state index in [1.165, 1.54) is 0 Å². The fraction of sp³-hybridized carbons (Fsp3) is 0.500. The van der Waals surface area contributed by atoms with Gasteiger partial charge in [-0.1, -0.05) is 18.2 Å². The molecule has 1 aliphatic carbocycles. The van der Waals surface area contributed by atoms with Crippen LogP contribution in [0.15, 0.2) is 36.7 Å². The van der Waals surface area contributed by atoms with Crippen molar-refractivity contribution in [1.82, 2.24) is 4.98 Å². The average Bonchev–Trinajstić information content (AvgIpc) is 2.48. The number of fused-ring (bicyclic) bond motifs is 1. The fourth-order valence-electron chi connectivity index (χ4n) is 3.08. The molecule has 2 aromatic rings. The van der Waals surface area contributed by atoms with Gasteiger partial charge in [-0.2, -0.15) is 0 Å². The summed E-state index contributed by atoms with van der Waals surface area (Å²) in [7, 11) is 0. The summed E-state index contributed by atoms with van der Waals surface area (Å²) in [6.07, 6.45) is 6.16. The second kappa shape index (κ2) is 6.89. The van der Waals surface area contributed by atoms with Crippen LogP contribution in [-0.2, 0) is 20.7 Å². The SMILES string of the molecule is CC(C)(C)OC1CC(COC(=O)Cc2ccc3cnccc3c2)C1. The normalized spacial score (nSPS) is 20.6. The quantitative estimate of drug-likeness (QED) is 0.781. The van der Waals surface area contributed by atoms with Crippen molar-refractivity contribution in [3.05, 3.63) is 42.2 Å². The summed E-state index contributed by atoms with van der Waals surface area (Å²) in [5, 5.41) is 2.17. The van der Waals surface area contributed by atoms with Crippen molar-refractivity contribution in [2.24, 2.45) is 5.92 Å². The van der Waals surface area contributed by atoms with E-state index in [-0.39, 0.29) is 11.6 Å². The summed E-state index contributed by atoms with van der Waals surface area (Å²) >= 11 is 0. The Morgan fingerprint density at radius 1 is 1.21 bits per heavy atom. The molecule has 0 unspecified atom stereocenters. The third kappa shape index (κ3) is 4.54. The van der Waals surface area contributed by atoms with Crippen LogP contribution in [0.3, 0.4) is 0 Å². The first-order valence-corrected chi connectivity index (χ1v) is 8.55. The third-order valence-corrected chi connectivity index (χ3v) is 4.25. The topological polar surface area (TPSA) is 48.4 Å². The molecule has 128 valence electrons. The van der Waals surface area contributed by atoms with E-state index in [9.17, 15) is 4.79 Å². The van der Waals surface area contributed by atoms with Gasteiger partial charge < -0.3 is 9.47 Å². The van der Waals surface area contributed by atoms with Crippen LogP contribution in [0.4, 0.5) is 0 Å². The lowest BCUT2D eigenvalue weighted by atomic mass is 9.82. The number of esters is 1. The molecule has 4 heteroatoms. The molecule has 0 saturated heterocycles. The molecule has 1 aromatic carbocycles. The van der Waals surface area contributed by atoms with Crippen LogP contribution in [0.1, 0.15) is 39.2 Å². The number of benzene rings is 1. The zero-order valence-electron chi connectivity index (χ0n) is 14.6. The Morgan fingerprint density at radius 2 is 2.00 bits per heavy atom. The summed E-state index contributed by atoms with van der Waals surface area (Å²) in [6.45, 7) is 6.71. The Kier molecular flexibility index (Phi) is 4.86. The Labute approximate surface area is 143 Å².